The Morgan fingerprint density at radius 1 is 1.50 bits per heavy atom. The van der Waals surface area contributed by atoms with Crippen LogP contribution in [0.2, 0.25) is 0 Å². The number of β-amino-alcohol motifs (C(OH)–C–C–N with tert-alkyl or cyclic N) is 1. The molecule has 2 rings (SSSR count). The maximum atomic E-state index is 13.9. The summed E-state index contributed by atoms with van der Waals surface area (Å²) < 4.78 is 39.4. The lowest BCUT2D eigenvalue weighted by molar-refractivity contribution is 0.189. The second-order valence-corrected chi connectivity index (χ2v) is 6.36. The number of hydrogen-bond donors (Lipinski definition) is 2. The summed E-state index contributed by atoms with van der Waals surface area (Å²) in [6.45, 7) is 1.65. The lowest BCUT2D eigenvalue weighted by Crippen LogP contribution is -2.30. The summed E-state index contributed by atoms with van der Waals surface area (Å²) >= 11 is 0. The van der Waals surface area contributed by atoms with Crippen LogP contribution in [-0.2, 0) is 10.0 Å². The van der Waals surface area contributed by atoms with Gasteiger partial charge in [-0.3, -0.25) is 0 Å². The van der Waals surface area contributed by atoms with Crippen LogP contribution < -0.4 is 5.73 Å². The van der Waals surface area contributed by atoms with E-state index in [9.17, 15) is 17.9 Å². The minimum Gasteiger partial charge on any atom is -0.399 e. The van der Waals surface area contributed by atoms with Crippen molar-refractivity contribution in [2.45, 2.75) is 24.3 Å². The number of aliphatic hydroxyl groups excluding tert-OH is 1. The van der Waals surface area contributed by atoms with Gasteiger partial charge in [0.15, 0.2) is 0 Å². The highest BCUT2D eigenvalue weighted by atomic mass is 32.2. The Labute approximate surface area is 105 Å². The summed E-state index contributed by atoms with van der Waals surface area (Å²) in [5.41, 5.74) is 5.94. The largest absolute Gasteiger partial charge is 0.399 e. The summed E-state index contributed by atoms with van der Waals surface area (Å²) in [5, 5.41) is 9.36. The number of aryl methyl sites for hydroxylation is 1. The zero-order valence-electron chi connectivity index (χ0n) is 9.93. The SMILES string of the molecule is Cc1cc(N)cc(S(=O)(=O)N2CC[C@@H](O)C2)c1F. The maximum Gasteiger partial charge on any atom is 0.246 e. The van der Waals surface area contributed by atoms with Gasteiger partial charge < -0.3 is 10.8 Å². The first kappa shape index (κ1) is 13.3. The molecule has 1 aromatic rings. The third-order valence-corrected chi connectivity index (χ3v) is 4.85. The number of anilines is 1. The lowest BCUT2D eigenvalue weighted by Gasteiger charge is -2.17. The van der Waals surface area contributed by atoms with Crippen LogP contribution in [0.5, 0.6) is 0 Å². The Balaban J connectivity index is 2.48. The van der Waals surface area contributed by atoms with Crippen molar-refractivity contribution in [3.05, 3.63) is 23.5 Å². The first-order valence-corrected chi connectivity index (χ1v) is 7.00. The highest BCUT2D eigenvalue weighted by Gasteiger charge is 2.33. The first-order chi connectivity index (χ1) is 8.32. The van der Waals surface area contributed by atoms with Crippen LogP contribution in [0.25, 0.3) is 0 Å². The Morgan fingerprint density at radius 2 is 2.17 bits per heavy atom. The van der Waals surface area contributed by atoms with E-state index in [0.29, 0.717) is 6.42 Å². The van der Waals surface area contributed by atoms with Gasteiger partial charge in [0.2, 0.25) is 10.0 Å². The van der Waals surface area contributed by atoms with E-state index in [1.54, 1.807) is 0 Å². The molecule has 1 aliphatic rings. The van der Waals surface area contributed by atoms with Crippen molar-refractivity contribution in [3.8, 4) is 0 Å². The predicted octanol–water partition coefficient (Wildman–Crippen LogP) is 0.472. The van der Waals surface area contributed by atoms with Gasteiger partial charge in [-0.1, -0.05) is 0 Å². The Kier molecular flexibility index (Phi) is 3.31. The molecule has 7 heteroatoms. The topological polar surface area (TPSA) is 83.6 Å². The fourth-order valence-electron chi connectivity index (χ4n) is 2.02. The molecule has 100 valence electrons. The van der Waals surface area contributed by atoms with E-state index in [2.05, 4.69) is 0 Å². The molecule has 0 aromatic heterocycles. The average molecular weight is 274 g/mol. The smallest absolute Gasteiger partial charge is 0.246 e. The van der Waals surface area contributed by atoms with Crippen LogP contribution in [0, 0.1) is 12.7 Å². The third kappa shape index (κ3) is 2.21. The summed E-state index contributed by atoms with van der Waals surface area (Å²) in [6, 6.07) is 2.50. The fourth-order valence-corrected chi connectivity index (χ4v) is 3.68. The Hall–Kier alpha value is -1.18. The van der Waals surface area contributed by atoms with Crippen molar-refractivity contribution in [2.75, 3.05) is 18.8 Å². The van der Waals surface area contributed by atoms with Crippen molar-refractivity contribution in [3.63, 3.8) is 0 Å². The number of aliphatic hydroxyl groups is 1. The molecule has 0 spiro atoms. The molecule has 0 unspecified atom stereocenters. The molecule has 1 aliphatic heterocycles. The minimum atomic E-state index is -3.93. The van der Waals surface area contributed by atoms with Crippen LogP contribution >= 0.6 is 0 Å². The molecular weight excluding hydrogens is 259 g/mol. The summed E-state index contributed by atoms with van der Waals surface area (Å²) in [7, 11) is -3.93. The van der Waals surface area contributed by atoms with Gasteiger partial charge in [0.25, 0.3) is 0 Å². The lowest BCUT2D eigenvalue weighted by atomic mass is 10.2. The van der Waals surface area contributed by atoms with Crippen molar-refractivity contribution in [2.24, 2.45) is 0 Å². The highest BCUT2D eigenvalue weighted by Crippen LogP contribution is 2.26. The number of nitrogens with zero attached hydrogens (tertiary/aromatic N) is 1. The quantitative estimate of drug-likeness (QED) is 0.768. The van der Waals surface area contributed by atoms with Gasteiger partial charge >= 0.3 is 0 Å². The van der Waals surface area contributed by atoms with Gasteiger partial charge in [-0.15, -0.1) is 0 Å². The average Bonchev–Trinajstić information content (AvgIpc) is 2.70. The number of nitrogen functional groups attached to an aromatic ring is 1. The standard InChI is InChI=1S/C11H15FN2O3S/c1-7-4-8(13)5-10(11(7)12)18(16,17)14-3-2-9(15)6-14/h4-5,9,15H,2-3,6,13H2,1H3/t9-/m1/s1. The maximum absolute atomic E-state index is 13.9. The summed E-state index contributed by atoms with van der Waals surface area (Å²) in [5.74, 6) is -0.786. The number of sulfonamides is 1. The molecule has 0 bridgehead atoms. The van der Waals surface area contributed by atoms with Crippen molar-refractivity contribution in [1.82, 2.24) is 4.31 Å². The van der Waals surface area contributed by atoms with Gasteiger partial charge in [-0.25, -0.2) is 12.8 Å². The van der Waals surface area contributed by atoms with E-state index >= 15 is 0 Å². The number of halogens is 1. The van der Waals surface area contributed by atoms with Crippen LogP contribution in [0.15, 0.2) is 17.0 Å². The van der Waals surface area contributed by atoms with Crippen LogP contribution in [-0.4, -0.2) is 37.0 Å². The number of hydrogen-bond acceptors (Lipinski definition) is 4. The van der Waals surface area contributed by atoms with Crippen molar-refractivity contribution < 1.29 is 17.9 Å². The summed E-state index contributed by atoms with van der Waals surface area (Å²) in [4.78, 5) is -0.422. The molecule has 0 radical (unpaired) electrons. The number of benzene rings is 1. The normalized spacial score (nSPS) is 21.4. The molecule has 1 atom stereocenters. The molecule has 5 nitrogen and oxygen atoms in total. The van der Waals surface area contributed by atoms with Gasteiger partial charge in [-0.05, 0) is 31.0 Å². The zero-order valence-corrected chi connectivity index (χ0v) is 10.7. The van der Waals surface area contributed by atoms with Crippen molar-refractivity contribution >= 4 is 15.7 Å². The van der Waals surface area contributed by atoms with E-state index in [1.165, 1.54) is 13.0 Å². The fraction of sp³-hybridized carbons (Fsp3) is 0.455. The molecule has 1 aromatic carbocycles. The molecule has 1 fully saturated rings. The molecule has 3 N–H and O–H groups in total. The molecular formula is C11H15FN2O3S. The second-order valence-electron chi connectivity index (χ2n) is 4.46. The molecule has 0 aliphatic carbocycles. The predicted molar refractivity (Wildman–Crippen MR) is 64.9 cm³/mol. The second kappa shape index (κ2) is 4.49. The van der Waals surface area contributed by atoms with Crippen molar-refractivity contribution in [1.29, 1.82) is 0 Å². The van der Waals surface area contributed by atoms with E-state index in [-0.39, 0.29) is 24.3 Å². The van der Waals surface area contributed by atoms with Crippen LogP contribution in [0.1, 0.15) is 12.0 Å². The van der Waals surface area contributed by atoms with E-state index < -0.39 is 26.8 Å². The molecule has 1 heterocycles. The highest BCUT2D eigenvalue weighted by molar-refractivity contribution is 7.89. The van der Waals surface area contributed by atoms with E-state index in [4.69, 9.17) is 5.73 Å². The van der Waals surface area contributed by atoms with Gasteiger partial charge in [0.1, 0.15) is 10.7 Å². The molecule has 1 saturated heterocycles. The van der Waals surface area contributed by atoms with Gasteiger partial charge in [0.05, 0.1) is 6.10 Å². The molecule has 18 heavy (non-hydrogen) atoms. The van der Waals surface area contributed by atoms with E-state index in [0.717, 1.165) is 10.4 Å². The minimum absolute atomic E-state index is 0.00435. The van der Waals surface area contributed by atoms with Gasteiger partial charge in [0, 0.05) is 18.8 Å². The summed E-state index contributed by atoms with van der Waals surface area (Å²) in [6.07, 6.45) is -0.327. The van der Waals surface area contributed by atoms with Crippen LogP contribution in [0.4, 0.5) is 10.1 Å². The van der Waals surface area contributed by atoms with Gasteiger partial charge in [-0.2, -0.15) is 4.31 Å². The number of rotatable bonds is 2. The number of nitrogens with two attached hydrogens (primary N) is 1. The monoisotopic (exact) mass is 274 g/mol. The third-order valence-electron chi connectivity index (χ3n) is 2.99. The van der Waals surface area contributed by atoms with E-state index in [1.807, 2.05) is 0 Å². The molecule has 0 saturated carbocycles. The zero-order chi connectivity index (χ0) is 13.5. The Bertz CT molecular complexity index is 574. The Morgan fingerprint density at radius 3 is 2.72 bits per heavy atom. The van der Waals surface area contributed by atoms with Crippen LogP contribution in [0.3, 0.4) is 0 Å². The molecule has 0 amide bonds. The first-order valence-electron chi connectivity index (χ1n) is 5.56.